The smallest absolute Gasteiger partial charge is 0.337 e. The number of aliphatic hydroxyl groups excluding tert-OH is 1. The molecular formula is C15H24ClNO3. The van der Waals surface area contributed by atoms with E-state index in [9.17, 15) is 9.90 Å². The monoisotopic (exact) mass is 301 g/mol. The van der Waals surface area contributed by atoms with Crippen LogP contribution < -0.4 is 5.73 Å². The third-order valence-corrected chi connectivity index (χ3v) is 3.15. The van der Waals surface area contributed by atoms with Crippen LogP contribution >= 0.6 is 12.4 Å². The van der Waals surface area contributed by atoms with E-state index in [-0.39, 0.29) is 12.4 Å². The Morgan fingerprint density at radius 2 is 2.00 bits per heavy atom. The van der Waals surface area contributed by atoms with Gasteiger partial charge in [-0.2, -0.15) is 0 Å². The summed E-state index contributed by atoms with van der Waals surface area (Å²) in [6, 6.07) is 6.42. The number of esters is 1. The maximum absolute atomic E-state index is 11.4. The van der Waals surface area contributed by atoms with E-state index in [0.717, 1.165) is 12.0 Å². The molecule has 1 aromatic rings. The number of benzene rings is 1. The number of hydrogen-bond acceptors (Lipinski definition) is 4. The Balaban J connectivity index is 0.00000361. The lowest BCUT2D eigenvalue weighted by atomic mass is 9.95. The highest BCUT2D eigenvalue weighted by Crippen LogP contribution is 2.20. The molecule has 0 aromatic heterocycles. The largest absolute Gasteiger partial charge is 0.465 e. The van der Waals surface area contributed by atoms with Gasteiger partial charge < -0.3 is 15.6 Å². The minimum Gasteiger partial charge on any atom is -0.465 e. The summed E-state index contributed by atoms with van der Waals surface area (Å²) in [4.78, 5) is 11.4. The number of carbonyl (C=O) groups excluding carboxylic acids is 1. The number of carbonyl (C=O) groups is 1. The Kier molecular flexibility index (Phi) is 8.46. The van der Waals surface area contributed by atoms with Crippen LogP contribution in [-0.2, 0) is 4.74 Å². The van der Waals surface area contributed by atoms with E-state index < -0.39 is 18.1 Å². The van der Waals surface area contributed by atoms with Crippen molar-refractivity contribution in [2.45, 2.75) is 38.8 Å². The molecule has 0 amide bonds. The highest BCUT2D eigenvalue weighted by molar-refractivity contribution is 5.89. The van der Waals surface area contributed by atoms with Gasteiger partial charge in [0.05, 0.1) is 24.8 Å². The van der Waals surface area contributed by atoms with Crippen LogP contribution in [0.15, 0.2) is 24.3 Å². The molecule has 5 heteroatoms. The summed E-state index contributed by atoms with van der Waals surface area (Å²) in [6.45, 7) is 4.21. The molecule has 4 nitrogen and oxygen atoms in total. The van der Waals surface area contributed by atoms with Gasteiger partial charge in [-0.25, -0.2) is 4.79 Å². The van der Waals surface area contributed by atoms with Crippen molar-refractivity contribution < 1.29 is 14.6 Å². The summed E-state index contributed by atoms with van der Waals surface area (Å²) in [5, 5.41) is 10.1. The van der Waals surface area contributed by atoms with Crippen molar-refractivity contribution in [3.8, 4) is 0 Å². The third kappa shape index (κ3) is 5.49. The van der Waals surface area contributed by atoms with Crippen LogP contribution in [0.2, 0.25) is 0 Å². The summed E-state index contributed by atoms with van der Waals surface area (Å²) in [5.41, 5.74) is 7.23. The molecule has 0 fully saturated rings. The zero-order chi connectivity index (χ0) is 14.4. The molecule has 0 bridgehead atoms. The molecule has 2 atom stereocenters. The van der Waals surface area contributed by atoms with Crippen LogP contribution in [0.25, 0.3) is 0 Å². The van der Waals surface area contributed by atoms with Crippen molar-refractivity contribution in [1.82, 2.24) is 0 Å². The molecule has 1 rings (SSSR count). The van der Waals surface area contributed by atoms with Gasteiger partial charge in [-0.3, -0.25) is 0 Å². The fraction of sp³-hybridized carbons (Fsp3) is 0.533. The van der Waals surface area contributed by atoms with Gasteiger partial charge in [-0.15, -0.1) is 12.4 Å². The van der Waals surface area contributed by atoms with Crippen LogP contribution in [0.1, 0.15) is 48.7 Å². The molecule has 1 aromatic carbocycles. The molecule has 20 heavy (non-hydrogen) atoms. The van der Waals surface area contributed by atoms with Crippen LogP contribution in [0.3, 0.4) is 0 Å². The van der Waals surface area contributed by atoms with E-state index in [4.69, 9.17) is 5.73 Å². The lowest BCUT2D eigenvalue weighted by Gasteiger charge is -2.20. The molecular weight excluding hydrogens is 278 g/mol. The highest BCUT2D eigenvalue weighted by atomic mass is 35.5. The van der Waals surface area contributed by atoms with Crippen molar-refractivity contribution in [3.63, 3.8) is 0 Å². The van der Waals surface area contributed by atoms with Crippen LogP contribution in [0.4, 0.5) is 0 Å². The zero-order valence-corrected chi connectivity index (χ0v) is 13.0. The first kappa shape index (κ1) is 18.9. The number of halogens is 1. The molecule has 3 N–H and O–H groups in total. The second kappa shape index (κ2) is 8.95. The van der Waals surface area contributed by atoms with Crippen LogP contribution in [0, 0.1) is 5.92 Å². The maximum Gasteiger partial charge on any atom is 0.337 e. The first-order valence-electron chi connectivity index (χ1n) is 6.57. The lowest BCUT2D eigenvalue weighted by Crippen LogP contribution is -2.26. The second-order valence-corrected chi connectivity index (χ2v) is 5.18. The Morgan fingerprint density at radius 1 is 1.35 bits per heavy atom. The molecule has 0 radical (unpaired) electrons. The predicted octanol–water partition coefficient (Wildman–Crippen LogP) is 2.69. The summed E-state index contributed by atoms with van der Waals surface area (Å²) in [6.07, 6.45) is 0.975. The van der Waals surface area contributed by atoms with Gasteiger partial charge in [-0.05, 0) is 36.5 Å². The molecule has 114 valence electrons. The van der Waals surface area contributed by atoms with Gasteiger partial charge in [0.2, 0.25) is 0 Å². The third-order valence-electron chi connectivity index (χ3n) is 3.15. The Bertz CT molecular complexity index is 423. The molecule has 0 saturated heterocycles. The van der Waals surface area contributed by atoms with Crippen LogP contribution in [-0.4, -0.2) is 24.3 Å². The number of nitrogens with two attached hydrogens (primary N) is 1. The predicted molar refractivity (Wildman–Crippen MR) is 82.0 cm³/mol. The summed E-state index contributed by atoms with van der Waals surface area (Å²) in [5.74, 6) is 0.133. The normalized spacial score (nSPS) is 13.5. The number of rotatable bonds is 6. The molecule has 0 aliphatic rings. The Labute approximate surface area is 126 Å². The molecule has 0 heterocycles. The minimum absolute atomic E-state index is 0. The van der Waals surface area contributed by atoms with E-state index in [0.29, 0.717) is 17.9 Å². The molecule has 0 unspecified atom stereocenters. The van der Waals surface area contributed by atoms with E-state index in [1.807, 2.05) is 6.07 Å². The van der Waals surface area contributed by atoms with E-state index in [1.165, 1.54) is 7.11 Å². The number of ether oxygens (including phenoxy) is 1. The molecule has 0 saturated carbocycles. The van der Waals surface area contributed by atoms with E-state index in [1.54, 1.807) is 18.2 Å². The van der Waals surface area contributed by atoms with Gasteiger partial charge in [0, 0.05) is 0 Å². The highest BCUT2D eigenvalue weighted by Gasteiger charge is 2.18. The van der Waals surface area contributed by atoms with Gasteiger partial charge in [0.25, 0.3) is 0 Å². The maximum atomic E-state index is 11.4. The average molecular weight is 302 g/mol. The van der Waals surface area contributed by atoms with Crippen molar-refractivity contribution >= 4 is 18.4 Å². The standard InChI is InChI=1S/C15H23NO3.ClH/c1-10(2)7-8-13(17)14(16)11-5-4-6-12(9-11)15(18)19-3;/h4-6,9-10,13-14,17H,7-8,16H2,1-3H3;1H/t13-,14+;/m1./s1. The number of aliphatic hydroxyl groups is 1. The number of methoxy groups -OCH3 is 1. The van der Waals surface area contributed by atoms with Crippen molar-refractivity contribution in [2.24, 2.45) is 11.7 Å². The molecule has 0 aliphatic heterocycles. The first-order chi connectivity index (χ1) is 8.95. The van der Waals surface area contributed by atoms with E-state index in [2.05, 4.69) is 18.6 Å². The summed E-state index contributed by atoms with van der Waals surface area (Å²) < 4.78 is 4.67. The van der Waals surface area contributed by atoms with Gasteiger partial charge in [-0.1, -0.05) is 26.0 Å². The fourth-order valence-electron chi connectivity index (χ4n) is 1.90. The van der Waals surface area contributed by atoms with Gasteiger partial charge >= 0.3 is 5.97 Å². The zero-order valence-electron chi connectivity index (χ0n) is 12.2. The summed E-state index contributed by atoms with van der Waals surface area (Å²) in [7, 11) is 1.34. The quantitative estimate of drug-likeness (QED) is 0.792. The van der Waals surface area contributed by atoms with Gasteiger partial charge in [0.15, 0.2) is 0 Å². The van der Waals surface area contributed by atoms with Gasteiger partial charge in [0.1, 0.15) is 0 Å². The van der Waals surface area contributed by atoms with E-state index >= 15 is 0 Å². The second-order valence-electron chi connectivity index (χ2n) is 5.18. The Morgan fingerprint density at radius 3 is 2.55 bits per heavy atom. The number of hydrogen-bond donors (Lipinski definition) is 2. The topological polar surface area (TPSA) is 72.5 Å². The van der Waals surface area contributed by atoms with Crippen LogP contribution in [0.5, 0.6) is 0 Å². The Hall–Kier alpha value is -1.10. The summed E-state index contributed by atoms with van der Waals surface area (Å²) >= 11 is 0. The van der Waals surface area contributed by atoms with Crippen molar-refractivity contribution in [3.05, 3.63) is 35.4 Å². The lowest BCUT2D eigenvalue weighted by molar-refractivity contribution is 0.0600. The fourth-order valence-corrected chi connectivity index (χ4v) is 1.90. The minimum atomic E-state index is -0.602. The van der Waals surface area contributed by atoms with Crippen molar-refractivity contribution in [1.29, 1.82) is 0 Å². The van der Waals surface area contributed by atoms with Crippen molar-refractivity contribution in [2.75, 3.05) is 7.11 Å². The SMILES string of the molecule is COC(=O)c1cccc([C@H](N)[C@H](O)CCC(C)C)c1.Cl. The molecule has 0 spiro atoms. The average Bonchev–Trinajstić information content (AvgIpc) is 2.43. The molecule has 0 aliphatic carbocycles. The first-order valence-corrected chi connectivity index (χ1v) is 6.57.